The van der Waals surface area contributed by atoms with Crippen LogP contribution in [0, 0.1) is 0 Å². The average Bonchev–Trinajstić information content (AvgIpc) is 2.90. The molecule has 2 aliphatic rings. The first kappa shape index (κ1) is 13.2. The molecular formula is C18H20N2S. The summed E-state index contributed by atoms with van der Waals surface area (Å²) in [7, 11) is 0. The lowest BCUT2D eigenvalue weighted by Gasteiger charge is -2.29. The SMILES string of the molecule is Nc1ccc2c(c1)CCC2NC1CCSc2ccccc21. The predicted octanol–water partition coefficient (Wildman–Crippen LogP) is 4.08. The van der Waals surface area contributed by atoms with Crippen LogP contribution in [0.25, 0.3) is 0 Å². The van der Waals surface area contributed by atoms with Gasteiger partial charge < -0.3 is 11.1 Å². The molecule has 0 saturated heterocycles. The highest BCUT2D eigenvalue weighted by Gasteiger charge is 2.27. The number of aryl methyl sites for hydroxylation is 1. The first-order valence-corrected chi connectivity index (χ1v) is 8.66. The number of anilines is 1. The molecule has 1 heterocycles. The molecule has 1 aliphatic carbocycles. The van der Waals surface area contributed by atoms with Gasteiger partial charge in [0.05, 0.1) is 0 Å². The van der Waals surface area contributed by atoms with Crippen LogP contribution in [0.4, 0.5) is 5.69 Å². The Bertz CT molecular complexity index is 668. The maximum atomic E-state index is 5.90. The highest BCUT2D eigenvalue weighted by atomic mass is 32.2. The topological polar surface area (TPSA) is 38.0 Å². The predicted molar refractivity (Wildman–Crippen MR) is 89.6 cm³/mol. The second kappa shape index (κ2) is 5.39. The van der Waals surface area contributed by atoms with E-state index < -0.39 is 0 Å². The van der Waals surface area contributed by atoms with Gasteiger partial charge in [-0.15, -0.1) is 11.8 Å². The van der Waals surface area contributed by atoms with Crippen molar-refractivity contribution in [2.45, 2.75) is 36.2 Å². The number of hydrogen-bond acceptors (Lipinski definition) is 3. The van der Waals surface area contributed by atoms with Crippen LogP contribution in [0.2, 0.25) is 0 Å². The molecule has 21 heavy (non-hydrogen) atoms. The summed E-state index contributed by atoms with van der Waals surface area (Å²) in [6, 6.07) is 16.2. The van der Waals surface area contributed by atoms with E-state index in [1.807, 2.05) is 17.8 Å². The molecule has 2 aromatic rings. The normalized spacial score (nSPS) is 23.6. The van der Waals surface area contributed by atoms with Crippen LogP contribution in [-0.4, -0.2) is 5.75 Å². The molecule has 0 fully saturated rings. The van der Waals surface area contributed by atoms with E-state index in [1.165, 1.54) is 40.2 Å². The van der Waals surface area contributed by atoms with Crippen LogP contribution in [-0.2, 0) is 6.42 Å². The smallest absolute Gasteiger partial charge is 0.0344 e. The number of benzene rings is 2. The summed E-state index contributed by atoms with van der Waals surface area (Å²) in [6.07, 6.45) is 3.54. The number of nitrogens with two attached hydrogens (primary N) is 1. The molecule has 0 radical (unpaired) electrons. The second-order valence-corrected chi connectivity index (χ2v) is 7.08. The van der Waals surface area contributed by atoms with Gasteiger partial charge in [0.1, 0.15) is 0 Å². The number of thioether (sulfide) groups is 1. The minimum Gasteiger partial charge on any atom is -0.399 e. The molecule has 0 bridgehead atoms. The third-order valence-electron chi connectivity index (χ3n) is 4.61. The van der Waals surface area contributed by atoms with Crippen molar-refractivity contribution in [3.8, 4) is 0 Å². The average molecular weight is 296 g/mol. The molecule has 3 heteroatoms. The van der Waals surface area contributed by atoms with Crippen LogP contribution in [0.1, 0.15) is 41.6 Å². The quantitative estimate of drug-likeness (QED) is 0.820. The molecule has 108 valence electrons. The highest BCUT2D eigenvalue weighted by Crippen LogP contribution is 2.39. The summed E-state index contributed by atoms with van der Waals surface area (Å²) in [5.41, 5.74) is 11.1. The van der Waals surface area contributed by atoms with Crippen LogP contribution < -0.4 is 11.1 Å². The monoisotopic (exact) mass is 296 g/mol. The van der Waals surface area contributed by atoms with Crippen LogP contribution in [0.5, 0.6) is 0 Å². The summed E-state index contributed by atoms with van der Waals surface area (Å²) in [5.74, 6) is 1.20. The number of rotatable bonds is 2. The Hall–Kier alpha value is -1.45. The van der Waals surface area contributed by atoms with Gasteiger partial charge in [-0.3, -0.25) is 0 Å². The van der Waals surface area contributed by atoms with Crippen LogP contribution in [0.3, 0.4) is 0 Å². The van der Waals surface area contributed by atoms with Gasteiger partial charge in [0.25, 0.3) is 0 Å². The number of fused-ring (bicyclic) bond motifs is 2. The van der Waals surface area contributed by atoms with Gasteiger partial charge in [0.2, 0.25) is 0 Å². The molecule has 2 nitrogen and oxygen atoms in total. The lowest BCUT2D eigenvalue weighted by Crippen LogP contribution is -2.27. The Morgan fingerprint density at radius 2 is 1.86 bits per heavy atom. The highest BCUT2D eigenvalue weighted by molar-refractivity contribution is 7.99. The Labute approximate surface area is 130 Å². The van der Waals surface area contributed by atoms with Crippen molar-refractivity contribution in [3.05, 3.63) is 59.2 Å². The fourth-order valence-electron chi connectivity index (χ4n) is 3.57. The summed E-state index contributed by atoms with van der Waals surface area (Å²) in [6.45, 7) is 0. The minimum absolute atomic E-state index is 0.474. The minimum atomic E-state index is 0.474. The lowest BCUT2D eigenvalue weighted by molar-refractivity contribution is 0.428. The molecule has 0 spiro atoms. The van der Waals surface area contributed by atoms with Gasteiger partial charge in [-0.05, 0) is 59.9 Å². The zero-order chi connectivity index (χ0) is 14.2. The number of hydrogen-bond donors (Lipinski definition) is 2. The Balaban J connectivity index is 1.59. The lowest BCUT2D eigenvalue weighted by atomic mass is 10.0. The van der Waals surface area contributed by atoms with Crippen molar-refractivity contribution in [2.75, 3.05) is 11.5 Å². The largest absolute Gasteiger partial charge is 0.399 e. The molecule has 2 unspecified atom stereocenters. The zero-order valence-electron chi connectivity index (χ0n) is 12.0. The van der Waals surface area contributed by atoms with Gasteiger partial charge >= 0.3 is 0 Å². The van der Waals surface area contributed by atoms with Crippen molar-refractivity contribution in [2.24, 2.45) is 0 Å². The van der Waals surface area contributed by atoms with E-state index in [2.05, 4.69) is 41.7 Å². The van der Waals surface area contributed by atoms with Gasteiger partial charge in [-0.25, -0.2) is 0 Å². The third-order valence-corrected chi connectivity index (χ3v) is 5.73. The fourth-order valence-corrected chi connectivity index (χ4v) is 4.69. The molecule has 2 atom stereocenters. The van der Waals surface area contributed by atoms with E-state index in [1.54, 1.807) is 0 Å². The van der Waals surface area contributed by atoms with Crippen molar-refractivity contribution in [3.63, 3.8) is 0 Å². The van der Waals surface area contributed by atoms with E-state index in [4.69, 9.17) is 5.73 Å². The summed E-state index contributed by atoms with van der Waals surface area (Å²) in [5, 5.41) is 3.90. The van der Waals surface area contributed by atoms with Gasteiger partial charge in [0, 0.05) is 22.7 Å². The van der Waals surface area contributed by atoms with E-state index in [9.17, 15) is 0 Å². The van der Waals surface area contributed by atoms with Crippen molar-refractivity contribution in [1.29, 1.82) is 0 Å². The Morgan fingerprint density at radius 3 is 2.81 bits per heavy atom. The molecule has 3 N–H and O–H groups in total. The standard InChI is InChI=1S/C18H20N2S/c19-13-6-7-14-12(11-13)5-8-16(14)20-17-9-10-21-18-4-2-1-3-15(17)18/h1-4,6-7,11,16-17,20H,5,8-10,19H2. The van der Waals surface area contributed by atoms with Crippen molar-refractivity contribution in [1.82, 2.24) is 5.32 Å². The molecule has 0 saturated carbocycles. The Kier molecular flexibility index (Phi) is 3.40. The second-order valence-electron chi connectivity index (χ2n) is 5.94. The van der Waals surface area contributed by atoms with Gasteiger partial charge in [0.15, 0.2) is 0 Å². The van der Waals surface area contributed by atoms with Crippen molar-refractivity contribution >= 4 is 17.4 Å². The molecule has 2 aromatic carbocycles. The number of nitrogens with one attached hydrogen (secondary N) is 1. The molecule has 0 amide bonds. The van der Waals surface area contributed by atoms with Crippen molar-refractivity contribution < 1.29 is 0 Å². The van der Waals surface area contributed by atoms with E-state index in [0.717, 1.165) is 12.1 Å². The third kappa shape index (κ3) is 2.45. The molecule has 0 aromatic heterocycles. The Morgan fingerprint density at radius 1 is 1.00 bits per heavy atom. The fraction of sp³-hybridized carbons (Fsp3) is 0.333. The van der Waals surface area contributed by atoms with E-state index in [-0.39, 0.29) is 0 Å². The van der Waals surface area contributed by atoms with E-state index >= 15 is 0 Å². The zero-order valence-corrected chi connectivity index (χ0v) is 12.8. The summed E-state index contributed by atoms with van der Waals surface area (Å²) in [4.78, 5) is 1.44. The van der Waals surface area contributed by atoms with Crippen LogP contribution >= 0.6 is 11.8 Å². The first-order chi connectivity index (χ1) is 10.3. The molecular weight excluding hydrogens is 276 g/mol. The van der Waals surface area contributed by atoms with Crippen LogP contribution in [0.15, 0.2) is 47.4 Å². The number of nitrogen functional groups attached to an aromatic ring is 1. The first-order valence-electron chi connectivity index (χ1n) is 7.67. The van der Waals surface area contributed by atoms with E-state index in [0.29, 0.717) is 12.1 Å². The molecule has 4 rings (SSSR count). The van der Waals surface area contributed by atoms with Gasteiger partial charge in [-0.2, -0.15) is 0 Å². The summed E-state index contributed by atoms with van der Waals surface area (Å²) < 4.78 is 0. The maximum absolute atomic E-state index is 5.90. The maximum Gasteiger partial charge on any atom is 0.0344 e. The van der Waals surface area contributed by atoms with Gasteiger partial charge in [-0.1, -0.05) is 24.3 Å². The molecule has 1 aliphatic heterocycles. The summed E-state index contributed by atoms with van der Waals surface area (Å²) >= 11 is 1.98.